The summed E-state index contributed by atoms with van der Waals surface area (Å²) >= 11 is 0. The summed E-state index contributed by atoms with van der Waals surface area (Å²) < 4.78 is 13.9. The molecular weight excluding hydrogens is 418 g/mol. The quantitative estimate of drug-likeness (QED) is 0.424. The normalized spacial score (nSPS) is 23.8. The summed E-state index contributed by atoms with van der Waals surface area (Å²) in [4.78, 5) is 4.23. The van der Waals surface area contributed by atoms with Gasteiger partial charge in [0.2, 0.25) is 0 Å². The van der Waals surface area contributed by atoms with Crippen LogP contribution in [0.3, 0.4) is 0 Å². The standard InChI is InChI=1S/C18H25FN4.HI/c1-12-6-13(2)8-16(7-12)23-18(21-3)22-11-15-5-4-14(10-20)9-17(15)19;/h4-5,9,12-13,16H,6-8,11H2,1-3H3,(H2,21,22,23);1H. The number of nitrogens with one attached hydrogen (secondary N) is 2. The van der Waals surface area contributed by atoms with Gasteiger partial charge in [-0.15, -0.1) is 24.0 Å². The third-order valence-electron chi connectivity index (χ3n) is 4.37. The summed E-state index contributed by atoms with van der Waals surface area (Å²) in [6.07, 6.45) is 3.55. The van der Waals surface area contributed by atoms with Crippen LogP contribution in [0, 0.1) is 29.0 Å². The number of aliphatic imine (C=N–C) groups is 1. The van der Waals surface area contributed by atoms with Gasteiger partial charge >= 0.3 is 0 Å². The maximum Gasteiger partial charge on any atom is 0.191 e. The molecule has 0 bridgehead atoms. The molecule has 1 aromatic carbocycles. The summed E-state index contributed by atoms with van der Waals surface area (Å²) in [7, 11) is 1.72. The second kappa shape index (κ2) is 9.82. The molecule has 6 heteroatoms. The van der Waals surface area contributed by atoms with Crippen molar-refractivity contribution in [1.29, 1.82) is 5.26 Å². The molecule has 2 rings (SSSR count). The molecule has 0 amide bonds. The Kier molecular flexibility index (Phi) is 8.46. The van der Waals surface area contributed by atoms with Gasteiger partial charge in [-0.1, -0.05) is 19.9 Å². The lowest BCUT2D eigenvalue weighted by molar-refractivity contribution is 0.255. The van der Waals surface area contributed by atoms with Gasteiger partial charge < -0.3 is 10.6 Å². The van der Waals surface area contributed by atoms with Crippen LogP contribution in [0.2, 0.25) is 0 Å². The largest absolute Gasteiger partial charge is 0.354 e. The summed E-state index contributed by atoms with van der Waals surface area (Å²) in [5.41, 5.74) is 0.858. The highest BCUT2D eigenvalue weighted by atomic mass is 127. The number of nitrogens with zero attached hydrogens (tertiary/aromatic N) is 2. The zero-order chi connectivity index (χ0) is 16.8. The molecule has 2 unspecified atom stereocenters. The van der Waals surface area contributed by atoms with Crippen LogP contribution >= 0.6 is 24.0 Å². The SMILES string of the molecule is CN=C(NCc1ccc(C#N)cc1F)NC1CC(C)CC(C)C1.I. The van der Waals surface area contributed by atoms with E-state index in [4.69, 9.17) is 5.26 Å². The van der Waals surface area contributed by atoms with E-state index in [0.717, 1.165) is 12.8 Å². The molecule has 4 nitrogen and oxygen atoms in total. The molecule has 1 aliphatic carbocycles. The van der Waals surface area contributed by atoms with Gasteiger partial charge in [-0.25, -0.2) is 4.39 Å². The zero-order valence-electron chi connectivity index (χ0n) is 14.5. The van der Waals surface area contributed by atoms with Gasteiger partial charge in [0, 0.05) is 25.2 Å². The van der Waals surface area contributed by atoms with E-state index in [9.17, 15) is 4.39 Å². The maximum atomic E-state index is 13.9. The summed E-state index contributed by atoms with van der Waals surface area (Å²) in [6, 6.07) is 6.87. The van der Waals surface area contributed by atoms with E-state index in [1.807, 2.05) is 6.07 Å². The average Bonchev–Trinajstić information content (AvgIpc) is 2.51. The molecule has 24 heavy (non-hydrogen) atoms. The smallest absolute Gasteiger partial charge is 0.191 e. The van der Waals surface area contributed by atoms with Gasteiger partial charge in [0.1, 0.15) is 5.82 Å². The van der Waals surface area contributed by atoms with Gasteiger partial charge in [-0.3, -0.25) is 4.99 Å². The van der Waals surface area contributed by atoms with Crippen LogP contribution in [0.4, 0.5) is 4.39 Å². The number of nitriles is 1. The minimum Gasteiger partial charge on any atom is -0.354 e. The Hall–Kier alpha value is -1.36. The third kappa shape index (κ3) is 5.93. The maximum absolute atomic E-state index is 13.9. The highest BCUT2D eigenvalue weighted by molar-refractivity contribution is 14.0. The monoisotopic (exact) mass is 444 g/mol. The van der Waals surface area contributed by atoms with Gasteiger partial charge in [0.25, 0.3) is 0 Å². The van der Waals surface area contributed by atoms with Crippen molar-refractivity contribution in [3.8, 4) is 6.07 Å². The number of guanidine groups is 1. The Bertz CT molecular complexity index is 602. The lowest BCUT2D eigenvalue weighted by Gasteiger charge is -2.32. The molecule has 2 atom stereocenters. The van der Waals surface area contributed by atoms with E-state index in [1.165, 1.54) is 12.5 Å². The predicted molar refractivity (Wildman–Crippen MR) is 106 cm³/mol. The first-order chi connectivity index (χ1) is 11.0. The average molecular weight is 444 g/mol. The molecule has 0 spiro atoms. The number of hydrogen-bond donors (Lipinski definition) is 2. The lowest BCUT2D eigenvalue weighted by atomic mass is 9.80. The van der Waals surface area contributed by atoms with E-state index < -0.39 is 0 Å². The van der Waals surface area contributed by atoms with Gasteiger partial charge in [-0.2, -0.15) is 5.26 Å². The highest BCUT2D eigenvalue weighted by Crippen LogP contribution is 2.28. The van der Waals surface area contributed by atoms with Crippen molar-refractivity contribution >= 4 is 29.9 Å². The van der Waals surface area contributed by atoms with Crippen LogP contribution in [0.15, 0.2) is 23.2 Å². The van der Waals surface area contributed by atoms with Gasteiger partial charge in [0.15, 0.2) is 5.96 Å². The summed E-state index contributed by atoms with van der Waals surface area (Å²) in [5, 5.41) is 15.4. The van der Waals surface area contributed by atoms with E-state index in [1.54, 1.807) is 19.2 Å². The van der Waals surface area contributed by atoms with E-state index in [2.05, 4.69) is 29.5 Å². The fourth-order valence-electron chi connectivity index (χ4n) is 3.39. The molecule has 2 N–H and O–H groups in total. The molecule has 0 radical (unpaired) electrons. The van der Waals surface area contributed by atoms with Crippen molar-refractivity contribution < 1.29 is 4.39 Å². The number of hydrogen-bond acceptors (Lipinski definition) is 2. The van der Waals surface area contributed by atoms with E-state index >= 15 is 0 Å². The highest BCUT2D eigenvalue weighted by Gasteiger charge is 2.24. The van der Waals surface area contributed by atoms with Crippen LogP contribution in [0.5, 0.6) is 0 Å². The van der Waals surface area contributed by atoms with Gasteiger partial charge in [0.05, 0.1) is 11.6 Å². The Labute approximate surface area is 161 Å². The van der Waals surface area contributed by atoms with Crippen LogP contribution in [-0.4, -0.2) is 19.0 Å². The Morgan fingerprint density at radius 3 is 2.50 bits per heavy atom. The second-order valence-corrected chi connectivity index (χ2v) is 6.60. The molecule has 0 heterocycles. The fourth-order valence-corrected chi connectivity index (χ4v) is 3.39. The number of rotatable bonds is 3. The first-order valence-corrected chi connectivity index (χ1v) is 8.17. The van der Waals surface area contributed by atoms with Crippen molar-refractivity contribution in [2.45, 2.75) is 45.7 Å². The Morgan fingerprint density at radius 1 is 1.29 bits per heavy atom. The summed E-state index contributed by atoms with van der Waals surface area (Å²) in [6.45, 7) is 4.91. The molecule has 1 aliphatic rings. The minimum absolute atomic E-state index is 0. The fraction of sp³-hybridized carbons (Fsp3) is 0.556. The van der Waals surface area contributed by atoms with E-state index in [0.29, 0.717) is 41.5 Å². The summed E-state index contributed by atoms with van der Waals surface area (Å²) in [5.74, 6) is 1.75. The van der Waals surface area contributed by atoms with Crippen LogP contribution in [0.25, 0.3) is 0 Å². The second-order valence-electron chi connectivity index (χ2n) is 6.60. The molecular formula is C18H26FIN4. The van der Waals surface area contributed by atoms with Crippen LogP contribution in [0.1, 0.15) is 44.2 Å². The molecule has 1 saturated carbocycles. The molecule has 1 aromatic rings. The Morgan fingerprint density at radius 2 is 1.96 bits per heavy atom. The number of halogens is 2. The van der Waals surface area contributed by atoms with Crippen molar-refractivity contribution in [1.82, 2.24) is 10.6 Å². The van der Waals surface area contributed by atoms with Crippen molar-refractivity contribution in [3.05, 3.63) is 35.1 Å². The lowest BCUT2D eigenvalue weighted by Crippen LogP contribution is -2.46. The third-order valence-corrected chi connectivity index (χ3v) is 4.37. The molecule has 1 fully saturated rings. The van der Waals surface area contributed by atoms with Crippen LogP contribution in [-0.2, 0) is 6.54 Å². The predicted octanol–water partition coefficient (Wildman–Crippen LogP) is 3.81. The molecule has 132 valence electrons. The first kappa shape index (κ1) is 20.7. The minimum atomic E-state index is -0.369. The van der Waals surface area contributed by atoms with Crippen molar-refractivity contribution in [2.75, 3.05) is 7.05 Å². The first-order valence-electron chi connectivity index (χ1n) is 8.17. The molecule has 0 aromatic heterocycles. The van der Waals surface area contributed by atoms with Crippen molar-refractivity contribution in [3.63, 3.8) is 0 Å². The Balaban J connectivity index is 0.00000288. The topological polar surface area (TPSA) is 60.2 Å². The van der Waals surface area contributed by atoms with Crippen LogP contribution < -0.4 is 10.6 Å². The number of benzene rings is 1. The van der Waals surface area contributed by atoms with Crippen molar-refractivity contribution in [2.24, 2.45) is 16.8 Å². The van der Waals surface area contributed by atoms with E-state index in [-0.39, 0.29) is 29.8 Å². The molecule has 0 aliphatic heterocycles. The zero-order valence-corrected chi connectivity index (χ0v) is 16.8. The molecule has 0 saturated heterocycles. The van der Waals surface area contributed by atoms with Gasteiger partial charge in [-0.05, 0) is 43.2 Å².